The number of piperazine rings is 1. The van der Waals surface area contributed by atoms with Crippen molar-refractivity contribution in [3.8, 4) is 0 Å². The standard InChI is InChI=1S/C9H16N2O7S/c12-7(6-19(16,17)18)5-10-1-3-11(4-2-10)8(13)9(14)15/h7,12H,1-6H2,(H,14,15)(H,16,17,18)/t7-/m1/s1. The molecule has 0 radical (unpaired) electrons. The minimum Gasteiger partial charge on any atom is -0.474 e. The molecule has 0 aromatic heterocycles. The normalized spacial score (nSPS) is 19.2. The average Bonchev–Trinajstić information content (AvgIpc) is 2.26. The first kappa shape index (κ1) is 15.8. The molecule has 1 amide bonds. The zero-order chi connectivity index (χ0) is 14.6. The molecule has 3 N–H and O–H groups in total. The first-order valence-corrected chi connectivity index (χ1v) is 7.18. The molecule has 1 atom stereocenters. The van der Waals surface area contributed by atoms with Gasteiger partial charge in [-0.15, -0.1) is 0 Å². The topological polar surface area (TPSA) is 135 Å². The monoisotopic (exact) mass is 296 g/mol. The summed E-state index contributed by atoms with van der Waals surface area (Å²) in [5.41, 5.74) is 0. The molecule has 1 aliphatic heterocycles. The number of nitrogens with zero attached hydrogens (tertiary/aromatic N) is 2. The Kier molecular flexibility index (Phi) is 5.23. The summed E-state index contributed by atoms with van der Waals surface area (Å²) in [5.74, 6) is -3.24. The van der Waals surface area contributed by atoms with Crippen LogP contribution < -0.4 is 0 Å². The molecule has 0 saturated carbocycles. The third-order valence-corrected chi connectivity index (χ3v) is 3.52. The molecule has 1 saturated heterocycles. The van der Waals surface area contributed by atoms with Crippen LogP contribution in [0.5, 0.6) is 0 Å². The molecule has 0 bridgehead atoms. The van der Waals surface area contributed by atoms with Crippen LogP contribution >= 0.6 is 0 Å². The van der Waals surface area contributed by atoms with Gasteiger partial charge in [-0.1, -0.05) is 0 Å². The Balaban J connectivity index is 2.38. The van der Waals surface area contributed by atoms with Crippen molar-refractivity contribution in [3.05, 3.63) is 0 Å². The number of hydrogen-bond acceptors (Lipinski definition) is 6. The van der Waals surface area contributed by atoms with Gasteiger partial charge in [-0.3, -0.25) is 14.2 Å². The summed E-state index contributed by atoms with van der Waals surface area (Å²) in [6, 6.07) is 0. The molecule has 110 valence electrons. The quantitative estimate of drug-likeness (QED) is 0.381. The van der Waals surface area contributed by atoms with Crippen LogP contribution in [0.25, 0.3) is 0 Å². The minimum atomic E-state index is -4.23. The number of carboxylic acids is 1. The average molecular weight is 296 g/mol. The molecular formula is C9H16N2O7S. The lowest BCUT2D eigenvalue weighted by molar-refractivity contribution is -0.156. The van der Waals surface area contributed by atoms with Gasteiger partial charge in [0.15, 0.2) is 0 Å². The highest BCUT2D eigenvalue weighted by Crippen LogP contribution is 2.04. The molecule has 1 heterocycles. The van der Waals surface area contributed by atoms with Crippen LogP contribution in [0.4, 0.5) is 0 Å². The number of β-amino-alcohol motifs (C(OH)–C–C–N with tert-alkyl or cyclic N) is 1. The number of rotatable bonds is 4. The smallest absolute Gasteiger partial charge is 0.394 e. The van der Waals surface area contributed by atoms with E-state index in [1.165, 1.54) is 4.90 Å². The van der Waals surface area contributed by atoms with E-state index in [0.717, 1.165) is 0 Å². The maximum atomic E-state index is 11.2. The van der Waals surface area contributed by atoms with Crippen molar-refractivity contribution < 1.29 is 32.8 Å². The van der Waals surface area contributed by atoms with Crippen LogP contribution in [-0.2, 0) is 19.7 Å². The van der Waals surface area contributed by atoms with Gasteiger partial charge >= 0.3 is 11.9 Å². The third kappa shape index (κ3) is 5.51. The van der Waals surface area contributed by atoms with Crippen molar-refractivity contribution in [2.24, 2.45) is 0 Å². The van der Waals surface area contributed by atoms with Crippen molar-refractivity contribution >= 4 is 22.0 Å². The highest BCUT2D eigenvalue weighted by Gasteiger charge is 2.26. The molecule has 10 heteroatoms. The van der Waals surface area contributed by atoms with Crippen LogP contribution in [-0.4, -0.2) is 89.4 Å². The first-order valence-electron chi connectivity index (χ1n) is 5.57. The Morgan fingerprint density at radius 3 is 2.11 bits per heavy atom. The lowest BCUT2D eigenvalue weighted by Crippen LogP contribution is -2.52. The molecule has 0 unspecified atom stereocenters. The fourth-order valence-electron chi connectivity index (χ4n) is 1.86. The summed E-state index contributed by atoms with van der Waals surface area (Å²) in [4.78, 5) is 24.5. The van der Waals surface area contributed by atoms with E-state index in [1.807, 2.05) is 0 Å². The Morgan fingerprint density at radius 2 is 1.68 bits per heavy atom. The number of carboxylic acid groups (broad SMARTS) is 1. The number of aliphatic carboxylic acids is 1. The van der Waals surface area contributed by atoms with Gasteiger partial charge in [0.05, 0.1) is 6.10 Å². The predicted octanol–water partition coefficient (Wildman–Crippen LogP) is -2.54. The summed E-state index contributed by atoms with van der Waals surface area (Å²) in [5, 5.41) is 18.0. The van der Waals surface area contributed by atoms with Gasteiger partial charge < -0.3 is 15.1 Å². The summed E-state index contributed by atoms with van der Waals surface area (Å²) >= 11 is 0. The second kappa shape index (κ2) is 6.28. The second-order valence-electron chi connectivity index (χ2n) is 4.30. The van der Waals surface area contributed by atoms with Crippen molar-refractivity contribution in [1.82, 2.24) is 9.80 Å². The number of aliphatic hydroxyl groups excluding tert-OH is 1. The van der Waals surface area contributed by atoms with Gasteiger partial charge in [0.1, 0.15) is 5.75 Å². The Bertz CT molecular complexity index is 441. The molecule has 0 spiro atoms. The fraction of sp³-hybridized carbons (Fsp3) is 0.778. The van der Waals surface area contributed by atoms with Crippen molar-refractivity contribution in [1.29, 1.82) is 0 Å². The summed E-state index contributed by atoms with van der Waals surface area (Å²) in [7, 11) is -4.23. The lowest BCUT2D eigenvalue weighted by atomic mass is 10.2. The minimum absolute atomic E-state index is 0.0366. The largest absolute Gasteiger partial charge is 0.474 e. The number of carbonyl (C=O) groups is 2. The van der Waals surface area contributed by atoms with Crippen LogP contribution in [0.2, 0.25) is 0 Å². The van der Waals surface area contributed by atoms with E-state index in [9.17, 15) is 23.1 Å². The fourth-order valence-corrected chi connectivity index (χ4v) is 2.45. The van der Waals surface area contributed by atoms with Crippen LogP contribution in [0, 0.1) is 0 Å². The van der Waals surface area contributed by atoms with E-state index >= 15 is 0 Å². The number of amides is 1. The summed E-state index contributed by atoms with van der Waals surface area (Å²) in [6.07, 6.45) is -1.23. The van der Waals surface area contributed by atoms with Gasteiger partial charge in [-0.25, -0.2) is 4.79 Å². The Hall–Kier alpha value is -1.23. The van der Waals surface area contributed by atoms with Crippen molar-refractivity contribution in [2.75, 3.05) is 38.5 Å². The van der Waals surface area contributed by atoms with Crippen molar-refractivity contribution in [2.45, 2.75) is 6.10 Å². The van der Waals surface area contributed by atoms with Gasteiger partial charge in [0.25, 0.3) is 10.1 Å². The first-order chi connectivity index (χ1) is 8.69. The molecule has 1 aliphatic rings. The molecule has 0 aromatic carbocycles. The lowest BCUT2D eigenvalue weighted by Gasteiger charge is -2.34. The van der Waals surface area contributed by atoms with E-state index < -0.39 is 33.9 Å². The zero-order valence-corrected chi connectivity index (χ0v) is 10.9. The summed E-state index contributed by atoms with van der Waals surface area (Å²) in [6.45, 7) is 1.10. The Morgan fingerprint density at radius 1 is 1.16 bits per heavy atom. The molecule has 9 nitrogen and oxygen atoms in total. The maximum absolute atomic E-state index is 11.2. The van der Waals surface area contributed by atoms with Gasteiger partial charge in [-0.05, 0) is 0 Å². The molecule has 0 aliphatic carbocycles. The number of hydrogen-bond donors (Lipinski definition) is 3. The van der Waals surface area contributed by atoms with Crippen LogP contribution in [0.15, 0.2) is 0 Å². The molecule has 0 aromatic rings. The van der Waals surface area contributed by atoms with Gasteiger partial charge in [0, 0.05) is 32.7 Å². The van der Waals surface area contributed by atoms with Crippen molar-refractivity contribution in [3.63, 3.8) is 0 Å². The Labute approximate surface area is 110 Å². The predicted molar refractivity (Wildman–Crippen MR) is 63.1 cm³/mol. The molecule has 1 rings (SSSR count). The summed E-state index contributed by atoms with van der Waals surface area (Å²) < 4.78 is 29.7. The van der Waals surface area contributed by atoms with Gasteiger partial charge in [-0.2, -0.15) is 8.42 Å². The number of aliphatic hydroxyl groups is 1. The van der Waals surface area contributed by atoms with E-state index in [-0.39, 0.29) is 19.6 Å². The zero-order valence-electron chi connectivity index (χ0n) is 10.1. The van der Waals surface area contributed by atoms with Gasteiger partial charge in [0.2, 0.25) is 0 Å². The highest BCUT2D eigenvalue weighted by molar-refractivity contribution is 7.85. The van der Waals surface area contributed by atoms with E-state index in [0.29, 0.717) is 13.1 Å². The second-order valence-corrected chi connectivity index (χ2v) is 5.80. The van der Waals surface area contributed by atoms with E-state index in [4.69, 9.17) is 9.66 Å². The third-order valence-electron chi connectivity index (χ3n) is 2.71. The van der Waals surface area contributed by atoms with Crippen LogP contribution in [0.3, 0.4) is 0 Å². The molecule has 19 heavy (non-hydrogen) atoms. The van der Waals surface area contributed by atoms with E-state index in [2.05, 4.69) is 0 Å². The highest BCUT2D eigenvalue weighted by atomic mass is 32.2. The maximum Gasteiger partial charge on any atom is 0.394 e. The van der Waals surface area contributed by atoms with Crippen LogP contribution in [0.1, 0.15) is 0 Å². The number of carbonyl (C=O) groups excluding carboxylic acids is 1. The van der Waals surface area contributed by atoms with E-state index in [1.54, 1.807) is 4.90 Å². The SMILES string of the molecule is O=C(O)C(=O)N1CCN(C[C@@H](O)CS(=O)(=O)O)CC1. The molecular weight excluding hydrogens is 280 g/mol. The molecule has 1 fully saturated rings.